The summed E-state index contributed by atoms with van der Waals surface area (Å²) in [5.41, 5.74) is 1.25. The van der Waals surface area contributed by atoms with Crippen molar-refractivity contribution < 1.29 is 17.5 Å². The van der Waals surface area contributed by atoms with Crippen molar-refractivity contribution in [2.24, 2.45) is 0 Å². The Morgan fingerprint density at radius 2 is 1.83 bits per heavy atom. The number of para-hydroxylation sites is 1. The fraction of sp³-hybridized carbons (Fsp3) is 0.294. The molecule has 0 unspecified atom stereocenters. The molecule has 7 heteroatoms. The molecule has 24 heavy (non-hydrogen) atoms. The van der Waals surface area contributed by atoms with Gasteiger partial charge in [-0.3, -0.25) is 0 Å². The molecule has 1 aliphatic heterocycles. The van der Waals surface area contributed by atoms with Crippen LogP contribution in [0, 0.1) is 5.82 Å². The Morgan fingerprint density at radius 3 is 2.58 bits per heavy atom. The molecule has 3 rings (SSSR count). The maximum atomic E-state index is 13.3. The zero-order valence-corrected chi connectivity index (χ0v) is 13.9. The molecule has 0 aromatic heterocycles. The number of hydrogen-bond donors (Lipinski definition) is 1. The highest BCUT2D eigenvalue weighted by molar-refractivity contribution is 7.89. The first-order chi connectivity index (χ1) is 11.6. The van der Waals surface area contributed by atoms with Crippen LogP contribution in [0.4, 0.5) is 10.1 Å². The molecule has 0 radical (unpaired) electrons. The van der Waals surface area contributed by atoms with Crippen LogP contribution in [-0.4, -0.2) is 39.0 Å². The molecule has 1 aliphatic rings. The van der Waals surface area contributed by atoms with Gasteiger partial charge in [0.25, 0.3) is 0 Å². The van der Waals surface area contributed by atoms with E-state index in [1.165, 1.54) is 16.4 Å². The van der Waals surface area contributed by atoms with Gasteiger partial charge >= 0.3 is 0 Å². The summed E-state index contributed by atoms with van der Waals surface area (Å²) in [7, 11) is -3.59. The lowest BCUT2D eigenvalue weighted by molar-refractivity contribution is 0.0730. The van der Waals surface area contributed by atoms with Gasteiger partial charge in [0.2, 0.25) is 10.0 Å². The van der Waals surface area contributed by atoms with Gasteiger partial charge in [-0.15, -0.1) is 0 Å². The van der Waals surface area contributed by atoms with E-state index in [2.05, 4.69) is 5.32 Å². The van der Waals surface area contributed by atoms with Crippen molar-refractivity contribution in [1.82, 2.24) is 4.31 Å². The highest BCUT2D eigenvalue weighted by Gasteiger charge is 2.28. The lowest BCUT2D eigenvalue weighted by atomic mass is 10.2. The van der Waals surface area contributed by atoms with Crippen LogP contribution in [-0.2, 0) is 21.3 Å². The first kappa shape index (κ1) is 16.9. The summed E-state index contributed by atoms with van der Waals surface area (Å²) in [6.45, 7) is 1.84. The van der Waals surface area contributed by atoms with Gasteiger partial charge in [0.05, 0.1) is 18.9 Å². The fourth-order valence-electron chi connectivity index (χ4n) is 2.61. The second-order valence-electron chi connectivity index (χ2n) is 5.50. The number of ether oxygens (including phenoxy) is 1. The summed E-state index contributed by atoms with van der Waals surface area (Å²) in [4.78, 5) is 0.225. The van der Waals surface area contributed by atoms with Gasteiger partial charge in [-0.1, -0.05) is 24.3 Å². The molecule has 1 saturated heterocycles. The van der Waals surface area contributed by atoms with Crippen molar-refractivity contribution in [2.45, 2.75) is 11.4 Å². The SMILES string of the molecule is O=S(=O)(c1ccccc1NCc1cccc(F)c1)N1CCOCC1. The van der Waals surface area contributed by atoms with E-state index < -0.39 is 10.0 Å². The normalized spacial score (nSPS) is 16.0. The molecule has 1 N–H and O–H groups in total. The Labute approximate surface area is 141 Å². The predicted octanol–water partition coefficient (Wildman–Crippen LogP) is 2.46. The molecule has 5 nitrogen and oxygen atoms in total. The minimum atomic E-state index is -3.59. The van der Waals surface area contributed by atoms with Crippen molar-refractivity contribution in [3.8, 4) is 0 Å². The average Bonchev–Trinajstić information content (AvgIpc) is 2.61. The molecule has 128 valence electrons. The van der Waals surface area contributed by atoms with E-state index in [9.17, 15) is 12.8 Å². The molecular weight excluding hydrogens is 331 g/mol. The topological polar surface area (TPSA) is 58.6 Å². The second kappa shape index (κ2) is 7.29. The number of anilines is 1. The average molecular weight is 350 g/mol. The molecule has 0 aliphatic carbocycles. The van der Waals surface area contributed by atoms with E-state index >= 15 is 0 Å². The molecular formula is C17H19FN2O3S. The van der Waals surface area contributed by atoms with E-state index in [1.54, 1.807) is 36.4 Å². The van der Waals surface area contributed by atoms with Crippen LogP contribution in [0.3, 0.4) is 0 Å². The lowest BCUT2D eigenvalue weighted by Gasteiger charge is -2.27. The zero-order valence-electron chi connectivity index (χ0n) is 13.1. The summed E-state index contributed by atoms with van der Waals surface area (Å²) in [6, 6.07) is 13.0. The molecule has 0 amide bonds. The number of sulfonamides is 1. The van der Waals surface area contributed by atoms with Gasteiger partial charge in [-0.2, -0.15) is 4.31 Å². The van der Waals surface area contributed by atoms with Crippen LogP contribution in [0.1, 0.15) is 5.56 Å². The molecule has 0 bridgehead atoms. The Hall–Kier alpha value is -1.96. The Kier molecular flexibility index (Phi) is 5.13. The first-order valence-corrected chi connectivity index (χ1v) is 9.16. The third-order valence-corrected chi connectivity index (χ3v) is 5.80. The van der Waals surface area contributed by atoms with Gasteiger partial charge in [0, 0.05) is 19.6 Å². The summed E-state index contributed by atoms with van der Waals surface area (Å²) in [5, 5.41) is 3.10. The highest BCUT2D eigenvalue weighted by Crippen LogP contribution is 2.25. The fourth-order valence-corrected chi connectivity index (χ4v) is 4.18. The van der Waals surface area contributed by atoms with E-state index in [0.717, 1.165) is 5.56 Å². The third-order valence-electron chi connectivity index (χ3n) is 3.85. The van der Waals surface area contributed by atoms with Crippen molar-refractivity contribution in [2.75, 3.05) is 31.6 Å². The third kappa shape index (κ3) is 3.75. The number of nitrogens with zero attached hydrogens (tertiary/aromatic N) is 1. The van der Waals surface area contributed by atoms with Crippen LogP contribution in [0.5, 0.6) is 0 Å². The van der Waals surface area contributed by atoms with Gasteiger partial charge in [-0.05, 0) is 29.8 Å². The largest absolute Gasteiger partial charge is 0.380 e. The summed E-state index contributed by atoms with van der Waals surface area (Å²) in [6.07, 6.45) is 0. The second-order valence-corrected chi connectivity index (χ2v) is 7.40. The monoisotopic (exact) mass is 350 g/mol. The molecule has 0 saturated carbocycles. The lowest BCUT2D eigenvalue weighted by Crippen LogP contribution is -2.40. The first-order valence-electron chi connectivity index (χ1n) is 7.72. The van der Waals surface area contributed by atoms with E-state index in [0.29, 0.717) is 38.5 Å². The van der Waals surface area contributed by atoms with Crippen LogP contribution in [0.25, 0.3) is 0 Å². The predicted molar refractivity (Wildman–Crippen MR) is 89.7 cm³/mol. The zero-order chi connectivity index (χ0) is 17.0. The number of hydrogen-bond acceptors (Lipinski definition) is 4. The van der Waals surface area contributed by atoms with Crippen LogP contribution >= 0.6 is 0 Å². The molecule has 2 aromatic carbocycles. The summed E-state index contributed by atoms with van der Waals surface area (Å²) >= 11 is 0. The Morgan fingerprint density at radius 1 is 1.08 bits per heavy atom. The standard InChI is InChI=1S/C17H19FN2O3S/c18-15-5-3-4-14(12-15)13-19-16-6-1-2-7-17(16)24(21,22)20-8-10-23-11-9-20/h1-7,12,19H,8-11,13H2. The number of halogens is 1. The molecule has 0 atom stereocenters. The van der Waals surface area contributed by atoms with Crippen LogP contribution < -0.4 is 5.32 Å². The van der Waals surface area contributed by atoms with Crippen molar-refractivity contribution in [3.63, 3.8) is 0 Å². The van der Waals surface area contributed by atoms with Gasteiger partial charge < -0.3 is 10.1 Å². The molecule has 0 spiro atoms. The maximum absolute atomic E-state index is 13.3. The van der Waals surface area contributed by atoms with Crippen molar-refractivity contribution in [3.05, 3.63) is 59.9 Å². The summed E-state index contributed by atoms with van der Waals surface area (Å²) in [5.74, 6) is -0.316. The number of benzene rings is 2. The Balaban J connectivity index is 1.82. The molecule has 1 fully saturated rings. The Bertz CT molecular complexity index is 805. The molecule has 1 heterocycles. The number of nitrogens with one attached hydrogen (secondary N) is 1. The number of rotatable bonds is 5. The quantitative estimate of drug-likeness (QED) is 0.900. The van der Waals surface area contributed by atoms with E-state index in [1.807, 2.05) is 0 Å². The van der Waals surface area contributed by atoms with Gasteiger partial charge in [0.1, 0.15) is 10.7 Å². The van der Waals surface area contributed by atoms with Crippen molar-refractivity contribution >= 4 is 15.7 Å². The minimum Gasteiger partial charge on any atom is -0.380 e. The van der Waals surface area contributed by atoms with Gasteiger partial charge in [-0.25, -0.2) is 12.8 Å². The highest BCUT2D eigenvalue weighted by atomic mass is 32.2. The maximum Gasteiger partial charge on any atom is 0.245 e. The minimum absolute atomic E-state index is 0.225. The van der Waals surface area contributed by atoms with Gasteiger partial charge in [0.15, 0.2) is 0 Å². The van der Waals surface area contributed by atoms with Crippen LogP contribution in [0.2, 0.25) is 0 Å². The van der Waals surface area contributed by atoms with Crippen LogP contribution in [0.15, 0.2) is 53.4 Å². The van der Waals surface area contributed by atoms with E-state index in [-0.39, 0.29) is 10.7 Å². The number of morpholine rings is 1. The smallest absolute Gasteiger partial charge is 0.245 e. The molecule has 2 aromatic rings. The van der Waals surface area contributed by atoms with Crippen molar-refractivity contribution in [1.29, 1.82) is 0 Å². The van der Waals surface area contributed by atoms with E-state index in [4.69, 9.17) is 4.74 Å². The summed E-state index contributed by atoms with van der Waals surface area (Å²) < 4.78 is 45.6.